The van der Waals surface area contributed by atoms with Gasteiger partial charge in [-0.25, -0.2) is 0 Å². The second-order valence-electron chi connectivity index (χ2n) is 8.13. The lowest BCUT2D eigenvalue weighted by atomic mass is 9.78. The molecule has 33 heavy (non-hydrogen) atoms. The molecule has 2 bridgehead atoms. The number of carbonyl (C=O) groups is 1. The smallest absolute Gasteiger partial charge is 0.236 e. The van der Waals surface area contributed by atoms with Gasteiger partial charge in [-0.2, -0.15) is 0 Å². The Labute approximate surface area is 206 Å². The molecule has 3 aromatic carbocycles. The van der Waals surface area contributed by atoms with Gasteiger partial charge in [0.05, 0.1) is 13.2 Å². The van der Waals surface area contributed by atoms with Gasteiger partial charge in [-0.15, -0.1) is 0 Å². The van der Waals surface area contributed by atoms with Crippen molar-refractivity contribution in [2.24, 2.45) is 5.92 Å². The van der Waals surface area contributed by atoms with Crippen LogP contribution in [0.5, 0.6) is 11.5 Å². The number of anilines is 2. The third kappa shape index (κ3) is 3.73. The first-order chi connectivity index (χ1) is 15.9. The lowest BCUT2D eigenvalue weighted by molar-refractivity contribution is -0.130. The average Bonchev–Trinajstić information content (AvgIpc) is 2.80. The molecular formula is C25H22BrN3O3S. The molecule has 0 aliphatic carbocycles. The van der Waals surface area contributed by atoms with Gasteiger partial charge in [0.1, 0.15) is 17.4 Å². The van der Waals surface area contributed by atoms with Gasteiger partial charge in [0.25, 0.3) is 0 Å². The van der Waals surface area contributed by atoms with E-state index in [9.17, 15) is 4.79 Å². The average molecular weight is 524 g/mol. The summed E-state index contributed by atoms with van der Waals surface area (Å²) in [7, 11) is 1.61. The number of nitrogens with one attached hydrogen (secondary N) is 2. The Hall–Kier alpha value is -3.10. The van der Waals surface area contributed by atoms with Crippen LogP contribution < -0.4 is 25.0 Å². The van der Waals surface area contributed by atoms with Crippen LogP contribution in [0, 0.1) is 5.92 Å². The number of methoxy groups -OCH3 is 1. The SMILES string of the molecule is COc1ccc(NC(=O)[C@@H]2[C@@H]3NC(=S)N(c4ccccc4)[C@@]2(C)Oc2ccc(Br)cc23)cc1. The number of para-hydroxylation sites is 1. The highest BCUT2D eigenvalue weighted by atomic mass is 79.9. The molecule has 0 spiro atoms. The van der Waals surface area contributed by atoms with E-state index in [0.717, 1.165) is 27.2 Å². The molecule has 2 N–H and O–H groups in total. The fourth-order valence-electron chi connectivity index (χ4n) is 4.61. The number of thiocarbonyl (C=S) groups is 1. The van der Waals surface area contributed by atoms with Crippen LogP contribution in [0.4, 0.5) is 11.4 Å². The third-order valence-corrected chi connectivity index (χ3v) is 6.91. The van der Waals surface area contributed by atoms with Gasteiger partial charge < -0.3 is 20.1 Å². The summed E-state index contributed by atoms with van der Waals surface area (Å²) in [6.07, 6.45) is 0. The van der Waals surface area contributed by atoms with Crippen molar-refractivity contribution in [2.75, 3.05) is 17.3 Å². The number of benzene rings is 3. The first-order valence-electron chi connectivity index (χ1n) is 10.5. The maximum Gasteiger partial charge on any atom is 0.236 e. The van der Waals surface area contributed by atoms with Gasteiger partial charge in [0.2, 0.25) is 5.91 Å². The molecule has 0 unspecified atom stereocenters. The quantitative estimate of drug-likeness (QED) is 0.455. The van der Waals surface area contributed by atoms with E-state index < -0.39 is 11.6 Å². The number of fused-ring (bicyclic) bond motifs is 4. The number of nitrogens with zero attached hydrogens (tertiary/aromatic N) is 1. The molecule has 5 rings (SSSR count). The molecule has 2 aliphatic rings. The highest BCUT2D eigenvalue weighted by Gasteiger charge is 2.59. The summed E-state index contributed by atoms with van der Waals surface area (Å²) >= 11 is 9.31. The Morgan fingerprint density at radius 3 is 2.58 bits per heavy atom. The fraction of sp³-hybridized carbons (Fsp3) is 0.200. The van der Waals surface area contributed by atoms with Crippen LogP contribution in [-0.4, -0.2) is 23.9 Å². The summed E-state index contributed by atoms with van der Waals surface area (Å²) in [6.45, 7) is 1.92. The van der Waals surface area contributed by atoms with E-state index in [0.29, 0.717) is 10.8 Å². The predicted molar refractivity (Wildman–Crippen MR) is 136 cm³/mol. The van der Waals surface area contributed by atoms with Crippen molar-refractivity contribution in [1.29, 1.82) is 0 Å². The number of ether oxygens (including phenoxy) is 2. The summed E-state index contributed by atoms with van der Waals surface area (Å²) in [5, 5.41) is 6.98. The summed E-state index contributed by atoms with van der Waals surface area (Å²) in [4.78, 5) is 15.7. The van der Waals surface area contributed by atoms with E-state index in [-0.39, 0.29) is 11.9 Å². The standard InChI is InChI=1S/C25H22BrN3O3S/c1-25-21(23(30)27-16-9-11-18(31-2)12-10-16)22(19-14-15(26)8-13-20(19)32-25)28-24(33)29(25)17-6-4-3-5-7-17/h3-14,21-22H,1-2H3,(H,27,30)(H,28,33)/t21-,22+,25-/m0/s1. The van der Waals surface area contributed by atoms with Crippen molar-refractivity contribution in [3.8, 4) is 11.5 Å². The minimum absolute atomic E-state index is 0.172. The van der Waals surface area contributed by atoms with Crippen LogP contribution >= 0.6 is 28.1 Å². The normalized spacial score (nSPS) is 23.1. The Balaban J connectivity index is 1.59. The van der Waals surface area contributed by atoms with E-state index in [1.165, 1.54) is 0 Å². The molecule has 0 aromatic heterocycles. The molecule has 3 aromatic rings. The zero-order valence-electron chi connectivity index (χ0n) is 18.0. The summed E-state index contributed by atoms with van der Waals surface area (Å²) in [5.74, 6) is 0.663. The molecule has 8 heteroatoms. The van der Waals surface area contributed by atoms with Gasteiger partial charge in [-0.05, 0) is 73.7 Å². The van der Waals surface area contributed by atoms with Gasteiger partial charge in [0, 0.05) is 21.4 Å². The molecule has 2 aliphatic heterocycles. The molecule has 168 valence electrons. The molecule has 1 fully saturated rings. The summed E-state index contributed by atoms with van der Waals surface area (Å²) in [6, 6.07) is 22.4. The molecule has 3 atom stereocenters. The first kappa shape index (κ1) is 21.7. The second-order valence-corrected chi connectivity index (χ2v) is 9.43. The number of amides is 1. The van der Waals surface area contributed by atoms with Crippen LogP contribution in [0.3, 0.4) is 0 Å². The fourth-order valence-corrected chi connectivity index (χ4v) is 5.41. The predicted octanol–water partition coefficient (Wildman–Crippen LogP) is 5.26. The Morgan fingerprint density at radius 1 is 1.15 bits per heavy atom. The molecule has 0 radical (unpaired) electrons. The van der Waals surface area contributed by atoms with Crippen molar-refractivity contribution in [1.82, 2.24) is 5.32 Å². The van der Waals surface area contributed by atoms with Crippen molar-refractivity contribution in [3.05, 3.63) is 82.8 Å². The first-order valence-corrected chi connectivity index (χ1v) is 11.7. The number of rotatable bonds is 4. The Morgan fingerprint density at radius 2 is 1.88 bits per heavy atom. The highest BCUT2D eigenvalue weighted by Crippen LogP contribution is 2.50. The number of hydrogen-bond acceptors (Lipinski definition) is 4. The largest absolute Gasteiger partial charge is 0.497 e. The lowest BCUT2D eigenvalue weighted by Gasteiger charge is -2.56. The topological polar surface area (TPSA) is 62.8 Å². The monoisotopic (exact) mass is 523 g/mol. The molecule has 1 saturated heterocycles. The molecular weight excluding hydrogens is 502 g/mol. The van der Waals surface area contributed by atoms with Crippen molar-refractivity contribution in [2.45, 2.75) is 18.7 Å². The highest BCUT2D eigenvalue weighted by molar-refractivity contribution is 9.10. The summed E-state index contributed by atoms with van der Waals surface area (Å²) < 4.78 is 12.7. The Kier molecular flexibility index (Phi) is 5.50. The van der Waals surface area contributed by atoms with Gasteiger partial charge in [-0.1, -0.05) is 34.1 Å². The van der Waals surface area contributed by atoms with E-state index in [2.05, 4.69) is 26.6 Å². The zero-order valence-corrected chi connectivity index (χ0v) is 20.4. The number of carbonyl (C=O) groups excluding carboxylic acids is 1. The van der Waals surface area contributed by atoms with Crippen LogP contribution in [0.1, 0.15) is 18.5 Å². The Bertz CT molecular complexity index is 1220. The number of halogens is 1. The lowest BCUT2D eigenvalue weighted by Crippen LogP contribution is -2.72. The molecule has 6 nitrogen and oxygen atoms in total. The van der Waals surface area contributed by atoms with Gasteiger partial charge >= 0.3 is 0 Å². The van der Waals surface area contributed by atoms with Crippen molar-refractivity contribution < 1.29 is 14.3 Å². The maximum atomic E-state index is 13.8. The molecule has 2 heterocycles. The van der Waals surface area contributed by atoms with Crippen LogP contribution in [0.25, 0.3) is 0 Å². The van der Waals surface area contributed by atoms with Crippen LogP contribution in [0.15, 0.2) is 77.3 Å². The van der Waals surface area contributed by atoms with E-state index >= 15 is 0 Å². The third-order valence-electron chi connectivity index (χ3n) is 6.11. The number of hydrogen-bond donors (Lipinski definition) is 2. The minimum atomic E-state index is -1.05. The van der Waals surface area contributed by atoms with Crippen molar-refractivity contribution >= 4 is 50.5 Å². The van der Waals surface area contributed by atoms with Crippen LogP contribution in [0.2, 0.25) is 0 Å². The van der Waals surface area contributed by atoms with E-state index in [1.54, 1.807) is 7.11 Å². The zero-order chi connectivity index (χ0) is 23.2. The van der Waals surface area contributed by atoms with E-state index in [1.807, 2.05) is 84.6 Å². The van der Waals surface area contributed by atoms with Crippen LogP contribution in [-0.2, 0) is 4.79 Å². The van der Waals surface area contributed by atoms with Crippen molar-refractivity contribution in [3.63, 3.8) is 0 Å². The maximum absolute atomic E-state index is 13.8. The molecule has 1 amide bonds. The molecule has 0 saturated carbocycles. The minimum Gasteiger partial charge on any atom is -0.497 e. The second kappa shape index (κ2) is 8.35. The summed E-state index contributed by atoms with van der Waals surface area (Å²) in [5.41, 5.74) is 1.35. The van der Waals surface area contributed by atoms with Gasteiger partial charge in [0.15, 0.2) is 10.8 Å². The van der Waals surface area contributed by atoms with E-state index in [4.69, 9.17) is 21.7 Å². The van der Waals surface area contributed by atoms with Gasteiger partial charge in [-0.3, -0.25) is 9.69 Å².